The van der Waals surface area contributed by atoms with E-state index in [1.807, 2.05) is 23.0 Å². The average Bonchev–Trinajstić information content (AvgIpc) is 3.18. The number of halogens is 1. The van der Waals surface area contributed by atoms with Gasteiger partial charge in [0.15, 0.2) is 5.96 Å². The highest BCUT2D eigenvalue weighted by Crippen LogP contribution is 2.07. The third-order valence-electron chi connectivity index (χ3n) is 4.13. The minimum Gasteiger partial charge on any atom is -0.356 e. The fourth-order valence-corrected chi connectivity index (χ4v) is 2.80. The van der Waals surface area contributed by atoms with Gasteiger partial charge in [0.25, 0.3) is 0 Å². The van der Waals surface area contributed by atoms with Crippen LogP contribution in [0.2, 0.25) is 0 Å². The monoisotopic (exact) mass is 475 g/mol. The molecule has 0 saturated carbocycles. The number of guanidine groups is 1. The zero-order valence-corrected chi connectivity index (χ0v) is 17.8. The molecule has 0 radical (unpaired) electrons. The molecule has 2 N–H and O–H groups in total. The summed E-state index contributed by atoms with van der Waals surface area (Å²) >= 11 is 0. The van der Waals surface area contributed by atoms with Crippen LogP contribution in [0.1, 0.15) is 16.7 Å². The molecule has 0 aliphatic rings. The zero-order valence-electron chi connectivity index (χ0n) is 15.5. The predicted octanol–water partition coefficient (Wildman–Crippen LogP) is 3.46. The molecule has 0 aliphatic carbocycles. The van der Waals surface area contributed by atoms with Crippen molar-refractivity contribution < 1.29 is 0 Å². The molecule has 0 atom stereocenters. The second-order valence-electron chi connectivity index (χ2n) is 6.11. The molecular weight excluding hydrogens is 449 g/mol. The number of hydrogen-bond donors (Lipinski definition) is 2. The Bertz CT molecular complexity index is 816. The third-order valence-corrected chi connectivity index (χ3v) is 4.13. The molecule has 1 heterocycles. The summed E-state index contributed by atoms with van der Waals surface area (Å²) in [6.45, 7) is 2.37. The Kier molecular flexibility index (Phi) is 8.83. The number of rotatable bonds is 7. The summed E-state index contributed by atoms with van der Waals surface area (Å²) in [5, 5.41) is 11.0. The van der Waals surface area contributed by atoms with Gasteiger partial charge in [0, 0.05) is 32.5 Å². The second-order valence-corrected chi connectivity index (χ2v) is 6.11. The Morgan fingerprint density at radius 2 is 1.74 bits per heavy atom. The summed E-state index contributed by atoms with van der Waals surface area (Å²) in [7, 11) is 1.80. The highest BCUT2D eigenvalue weighted by atomic mass is 127. The second kappa shape index (κ2) is 11.4. The average molecular weight is 475 g/mol. The van der Waals surface area contributed by atoms with Crippen LogP contribution in [0.3, 0.4) is 0 Å². The molecule has 0 spiro atoms. The normalized spacial score (nSPS) is 10.9. The first-order valence-electron chi connectivity index (χ1n) is 8.87. The highest BCUT2D eigenvalue weighted by molar-refractivity contribution is 14.0. The Hall–Kier alpha value is -2.35. The minimum absolute atomic E-state index is 0. The van der Waals surface area contributed by atoms with Gasteiger partial charge < -0.3 is 10.6 Å². The lowest BCUT2D eigenvalue weighted by Crippen LogP contribution is -2.37. The molecule has 3 aromatic rings. The van der Waals surface area contributed by atoms with Gasteiger partial charge in [0.05, 0.1) is 6.54 Å². The van der Waals surface area contributed by atoms with Crippen molar-refractivity contribution in [3.05, 3.63) is 89.7 Å². The molecule has 0 unspecified atom stereocenters. The van der Waals surface area contributed by atoms with Crippen molar-refractivity contribution in [3.8, 4) is 0 Å². The molecule has 5 nitrogen and oxygen atoms in total. The van der Waals surface area contributed by atoms with Gasteiger partial charge in [-0.25, -0.2) is 0 Å². The number of nitrogens with zero attached hydrogens (tertiary/aromatic N) is 3. The van der Waals surface area contributed by atoms with E-state index in [0.717, 1.165) is 32.0 Å². The molecule has 0 bridgehead atoms. The summed E-state index contributed by atoms with van der Waals surface area (Å²) in [4.78, 5) is 4.30. The lowest BCUT2D eigenvalue weighted by molar-refractivity contribution is 0.685. The predicted molar refractivity (Wildman–Crippen MR) is 122 cm³/mol. The molecule has 3 rings (SSSR count). The van der Waals surface area contributed by atoms with Crippen molar-refractivity contribution in [3.63, 3.8) is 0 Å². The van der Waals surface area contributed by atoms with E-state index in [1.54, 1.807) is 13.2 Å². The molecular formula is C21H26IN5. The Labute approximate surface area is 177 Å². The van der Waals surface area contributed by atoms with E-state index in [1.165, 1.54) is 16.7 Å². The molecule has 1 aromatic heterocycles. The quantitative estimate of drug-likeness (QED) is 0.313. The van der Waals surface area contributed by atoms with Gasteiger partial charge in [-0.05, 0) is 29.2 Å². The Morgan fingerprint density at radius 1 is 0.963 bits per heavy atom. The van der Waals surface area contributed by atoms with Crippen LogP contribution in [-0.4, -0.2) is 29.3 Å². The van der Waals surface area contributed by atoms with Gasteiger partial charge in [-0.2, -0.15) is 5.10 Å². The lowest BCUT2D eigenvalue weighted by atomic mass is 10.1. The summed E-state index contributed by atoms with van der Waals surface area (Å²) in [5.74, 6) is 0.818. The summed E-state index contributed by atoms with van der Waals surface area (Å²) in [5.41, 5.74) is 3.78. The van der Waals surface area contributed by atoms with Crippen LogP contribution in [0.25, 0.3) is 0 Å². The molecule has 2 aromatic carbocycles. The Morgan fingerprint density at radius 3 is 2.48 bits per heavy atom. The molecule has 6 heteroatoms. The topological polar surface area (TPSA) is 54.2 Å². The number of nitrogens with one attached hydrogen (secondary N) is 2. The van der Waals surface area contributed by atoms with E-state index >= 15 is 0 Å². The van der Waals surface area contributed by atoms with Gasteiger partial charge in [-0.3, -0.25) is 9.67 Å². The van der Waals surface area contributed by atoms with E-state index in [2.05, 4.69) is 69.3 Å². The maximum atomic E-state index is 4.30. The minimum atomic E-state index is 0. The maximum absolute atomic E-state index is 4.30. The third kappa shape index (κ3) is 7.05. The van der Waals surface area contributed by atoms with E-state index in [0.29, 0.717) is 0 Å². The summed E-state index contributed by atoms with van der Waals surface area (Å²) < 4.78 is 1.93. The van der Waals surface area contributed by atoms with Crippen LogP contribution in [0.5, 0.6) is 0 Å². The van der Waals surface area contributed by atoms with Gasteiger partial charge in [0.2, 0.25) is 0 Å². The fourth-order valence-electron chi connectivity index (χ4n) is 2.80. The largest absolute Gasteiger partial charge is 0.356 e. The summed E-state index contributed by atoms with van der Waals surface area (Å²) in [6, 6.07) is 20.9. The highest BCUT2D eigenvalue weighted by Gasteiger charge is 2.01. The molecule has 0 amide bonds. The standard InChI is InChI=1S/C21H25N5.HI/c1-22-21(23-13-11-18-7-3-2-4-8-18)24-16-19-9-5-10-20(15-19)17-26-14-6-12-25-26;/h2-10,12,14-15H,11,13,16-17H2,1H3,(H2,22,23,24);1H. The van der Waals surface area contributed by atoms with Gasteiger partial charge in [-0.1, -0.05) is 54.6 Å². The van der Waals surface area contributed by atoms with E-state index < -0.39 is 0 Å². The molecule has 0 fully saturated rings. The first-order chi connectivity index (χ1) is 12.8. The molecule has 142 valence electrons. The van der Waals surface area contributed by atoms with Crippen LogP contribution in [0, 0.1) is 0 Å². The van der Waals surface area contributed by atoms with E-state index in [-0.39, 0.29) is 24.0 Å². The van der Waals surface area contributed by atoms with Crippen LogP contribution >= 0.6 is 24.0 Å². The van der Waals surface area contributed by atoms with E-state index in [4.69, 9.17) is 0 Å². The Balaban J connectivity index is 0.00000261. The fraction of sp³-hybridized carbons (Fsp3) is 0.238. The van der Waals surface area contributed by atoms with Crippen molar-refractivity contribution in [1.29, 1.82) is 0 Å². The van der Waals surface area contributed by atoms with Gasteiger partial charge in [0.1, 0.15) is 0 Å². The van der Waals surface area contributed by atoms with Crippen LogP contribution < -0.4 is 10.6 Å². The van der Waals surface area contributed by atoms with Crippen molar-refractivity contribution in [2.24, 2.45) is 4.99 Å². The van der Waals surface area contributed by atoms with E-state index in [9.17, 15) is 0 Å². The SMILES string of the molecule is CN=C(NCCc1ccccc1)NCc1cccc(Cn2cccn2)c1.I. The molecule has 27 heavy (non-hydrogen) atoms. The first-order valence-corrected chi connectivity index (χ1v) is 8.87. The number of aromatic nitrogens is 2. The van der Waals surface area contributed by atoms with Gasteiger partial charge >= 0.3 is 0 Å². The maximum Gasteiger partial charge on any atom is 0.191 e. The van der Waals surface area contributed by atoms with Crippen molar-refractivity contribution in [2.75, 3.05) is 13.6 Å². The molecule has 0 saturated heterocycles. The lowest BCUT2D eigenvalue weighted by Gasteiger charge is -2.12. The number of hydrogen-bond acceptors (Lipinski definition) is 2. The number of benzene rings is 2. The zero-order chi connectivity index (χ0) is 18.0. The van der Waals surface area contributed by atoms with Crippen LogP contribution in [0.4, 0.5) is 0 Å². The summed E-state index contributed by atoms with van der Waals surface area (Å²) in [6.07, 6.45) is 4.75. The van der Waals surface area contributed by atoms with Crippen molar-refractivity contribution in [1.82, 2.24) is 20.4 Å². The van der Waals surface area contributed by atoms with Crippen molar-refractivity contribution >= 4 is 29.9 Å². The smallest absolute Gasteiger partial charge is 0.191 e. The van der Waals surface area contributed by atoms with Crippen LogP contribution in [0.15, 0.2) is 78.0 Å². The molecule has 0 aliphatic heterocycles. The van der Waals surface area contributed by atoms with Gasteiger partial charge in [-0.15, -0.1) is 24.0 Å². The number of aliphatic imine (C=N–C) groups is 1. The van der Waals surface area contributed by atoms with Crippen molar-refractivity contribution in [2.45, 2.75) is 19.5 Å². The van der Waals surface area contributed by atoms with Crippen LogP contribution in [-0.2, 0) is 19.5 Å². The first kappa shape index (κ1) is 21.0.